The molecule has 0 unspecified atom stereocenters. The highest BCUT2D eigenvalue weighted by Crippen LogP contribution is 2.20. The summed E-state index contributed by atoms with van der Waals surface area (Å²) in [6, 6.07) is 9.92. The van der Waals surface area contributed by atoms with Crippen molar-refractivity contribution in [3.8, 4) is 0 Å². The van der Waals surface area contributed by atoms with Crippen molar-refractivity contribution in [3.05, 3.63) is 35.9 Å². The van der Waals surface area contributed by atoms with Gasteiger partial charge in [-0.15, -0.1) is 0 Å². The molecular weight excluding hydrogens is 280 g/mol. The first-order valence-corrected chi connectivity index (χ1v) is 7.83. The van der Waals surface area contributed by atoms with Gasteiger partial charge in [0.1, 0.15) is 0 Å². The maximum Gasteiger partial charge on any atom is 0.224 e. The number of rotatable bonds is 7. The predicted molar refractivity (Wildman–Crippen MR) is 83.8 cm³/mol. The minimum atomic E-state index is -0.251. The molecule has 0 aliphatic carbocycles. The normalized spacial score (nSPS) is 15.7. The van der Waals surface area contributed by atoms with Gasteiger partial charge in [0.05, 0.1) is 19.6 Å². The minimum Gasteiger partial charge on any atom is -0.376 e. The van der Waals surface area contributed by atoms with E-state index in [1.54, 1.807) is 0 Å². The number of primary amides is 1. The zero-order valence-electron chi connectivity index (χ0n) is 12.9. The Morgan fingerprint density at radius 1 is 1.18 bits per heavy atom. The molecule has 1 aliphatic rings. The van der Waals surface area contributed by atoms with Gasteiger partial charge in [0, 0.05) is 19.5 Å². The number of benzene rings is 1. The third-order valence-corrected chi connectivity index (χ3v) is 4.03. The molecule has 0 spiro atoms. The molecule has 1 aromatic rings. The standard InChI is InChI=1S/C17H24N2O3/c18-16(20)12-14-6-9-19(10-7-14)17(21)8-11-22-13-15-4-2-1-3-5-15/h1-5,14H,6-13H2,(H2,18,20). The number of amides is 2. The number of ether oxygens (including phenoxy) is 1. The molecule has 0 atom stereocenters. The van der Waals surface area contributed by atoms with Crippen LogP contribution in [-0.2, 0) is 20.9 Å². The van der Waals surface area contributed by atoms with Crippen LogP contribution in [0.25, 0.3) is 0 Å². The van der Waals surface area contributed by atoms with E-state index in [1.165, 1.54) is 0 Å². The van der Waals surface area contributed by atoms with Crippen LogP contribution < -0.4 is 5.73 Å². The Morgan fingerprint density at radius 3 is 2.50 bits per heavy atom. The van der Waals surface area contributed by atoms with Crippen molar-refractivity contribution in [2.45, 2.75) is 32.3 Å². The smallest absolute Gasteiger partial charge is 0.224 e. The molecule has 5 heteroatoms. The largest absolute Gasteiger partial charge is 0.376 e. The fourth-order valence-corrected chi connectivity index (χ4v) is 2.75. The van der Waals surface area contributed by atoms with Crippen LogP contribution in [0.2, 0.25) is 0 Å². The monoisotopic (exact) mass is 304 g/mol. The van der Waals surface area contributed by atoms with E-state index in [0.717, 1.165) is 31.5 Å². The summed E-state index contributed by atoms with van der Waals surface area (Å²) in [5, 5.41) is 0. The molecule has 0 saturated carbocycles. The molecule has 2 N–H and O–H groups in total. The van der Waals surface area contributed by atoms with Crippen molar-refractivity contribution in [1.82, 2.24) is 4.90 Å². The molecule has 1 heterocycles. The maximum absolute atomic E-state index is 12.1. The Hall–Kier alpha value is -1.88. The number of hydrogen-bond donors (Lipinski definition) is 1. The van der Waals surface area contributed by atoms with Gasteiger partial charge in [-0.3, -0.25) is 9.59 Å². The Kier molecular flexibility index (Phi) is 6.40. The number of nitrogens with two attached hydrogens (primary N) is 1. The van der Waals surface area contributed by atoms with Crippen LogP contribution in [0, 0.1) is 5.92 Å². The SMILES string of the molecule is NC(=O)CC1CCN(C(=O)CCOCc2ccccc2)CC1. The van der Waals surface area contributed by atoms with Gasteiger partial charge in [-0.25, -0.2) is 0 Å². The van der Waals surface area contributed by atoms with Gasteiger partial charge in [-0.05, 0) is 24.3 Å². The number of nitrogens with zero attached hydrogens (tertiary/aromatic N) is 1. The molecule has 2 amide bonds. The van der Waals surface area contributed by atoms with Crippen LogP contribution in [0.15, 0.2) is 30.3 Å². The van der Waals surface area contributed by atoms with Gasteiger partial charge < -0.3 is 15.4 Å². The number of carbonyl (C=O) groups excluding carboxylic acids is 2. The highest BCUT2D eigenvalue weighted by molar-refractivity contribution is 5.76. The molecule has 0 aromatic heterocycles. The van der Waals surface area contributed by atoms with Gasteiger partial charge in [0.2, 0.25) is 11.8 Å². The zero-order chi connectivity index (χ0) is 15.8. The van der Waals surface area contributed by atoms with Gasteiger partial charge in [0.15, 0.2) is 0 Å². The molecule has 1 saturated heterocycles. The van der Waals surface area contributed by atoms with Gasteiger partial charge >= 0.3 is 0 Å². The molecule has 1 aliphatic heterocycles. The lowest BCUT2D eigenvalue weighted by atomic mass is 9.93. The van der Waals surface area contributed by atoms with Crippen molar-refractivity contribution >= 4 is 11.8 Å². The van der Waals surface area contributed by atoms with E-state index in [4.69, 9.17) is 10.5 Å². The number of piperidine rings is 1. The lowest BCUT2D eigenvalue weighted by Crippen LogP contribution is -2.39. The summed E-state index contributed by atoms with van der Waals surface area (Å²) < 4.78 is 5.55. The van der Waals surface area contributed by atoms with Crippen molar-refractivity contribution < 1.29 is 14.3 Å². The number of carbonyl (C=O) groups is 2. The Balaban J connectivity index is 1.61. The summed E-state index contributed by atoms with van der Waals surface area (Å²) in [4.78, 5) is 24.9. The third-order valence-electron chi connectivity index (χ3n) is 4.03. The lowest BCUT2D eigenvalue weighted by molar-refractivity contribution is -0.133. The van der Waals surface area contributed by atoms with Crippen LogP contribution >= 0.6 is 0 Å². The van der Waals surface area contributed by atoms with E-state index >= 15 is 0 Å². The van der Waals surface area contributed by atoms with Crippen LogP contribution in [0.5, 0.6) is 0 Å². The van der Waals surface area contributed by atoms with E-state index in [9.17, 15) is 9.59 Å². The Morgan fingerprint density at radius 2 is 1.86 bits per heavy atom. The lowest BCUT2D eigenvalue weighted by Gasteiger charge is -2.31. The first kappa shape index (κ1) is 16.5. The van der Waals surface area contributed by atoms with E-state index in [0.29, 0.717) is 32.0 Å². The fourth-order valence-electron chi connectivity index (χ4n) is 2.75. The first-order chi connectivity index (χ1) is 10.6. The second kappa shape index (κ2) is 8.54. The molecule has 1 fully saturated rings. The molecule has 5 nitrogen and oxygen atoms in total. The topological polar surface area (TPSA) is 72.6 Å². The Labute approximate surface area is 131 Å². The van der Waals surface area contributed by atoms with E-state index in [-0.39, 0.29) is 11.8 Å². The van der Waals surface area contributed by atoms with Gasteiger partial charge in [0.25, 0.3) is 0 Å². The third kappa shape index (κ3) is 5.48. The fraction of sp³-hybridized carbons (Fsp3) is 0.529. The summed E-state index contributed by atoms with van der Waals surface area (Å²) in [7, 11) is 0. The number of hydrogen-bond acceptors (Lipinski definition) is 3. The van der Waals surface area contributed by atoms with Crippen molar-refractivity contribution in [2.24, 2.45) is 11.7 Å². The summed E-state index contributed by atoms with van der Waals surface area (Å²) in [6.07, 6.45) is 2.56. The summed E-state index contributed by atoms with van der Waals surface area (Å²) in [6.45, 7) is 2.41. The van der Waals surface area contributed by atoms with E-state index in [1.807, 2.05) is 35.2 Å². The second-order valence-corrected chi connectivity index (χ2v) is 5.78. The van der Waals surface area contributed by atoms with Gasteiger partial charge in [-0.2, -0.15) is 0 Å². The van der Waals surface area contributed by atoms with Crippen LogP contribution in [-0.4, -0.2) is 36.4 Å². The summed E-state index contributed by atoms with van der Waals surface area (Å²) in [5.41, 5.74) is 6.32. The van der Waals surface area contributed by atoms with Gasteiger partial charge in [-0.1, -0.05) is 30.3 Å². The van der Waals surface area contributed by atoms with Crippen LogP contribution in [0.1, 0.15) is 31.2 Å². The van der Waals surface area contributed by atoms with Crippen LogP contribution in [0.4, 0.5) is 0 Å². The quantitative estimate of drug-likeness (QED) is 0.779. The van der Waals surface area contributed by atoms with E-state index < -0.39 is 0 Å². The molecular formula is C17H24N2O3. The first-order valence-electron chi connectivity index (χ1n) is 7.83. The summed E-state index contributed by atoms with van der Waals surface area (Å²) >= 11 is 0. The molecule has 0 bridgehead atoms. The highest BCUT2D eigenvalue weighted by Gasteiger charge is 2.23. The predicted octanol–water partition coefficient (Wildman–Crippen LogP) is 1.71. The average Bonchev–Trinajstić information content (AvgIpc) is 2.52. The van der Waals surface area contributed by atoms with Crippen LogP contribution in [0.3, 0.4) is 0 Å². The summed E-state index contributed by atoms with van der Waals surface area (Å²) in [5.74, 6) is 0.209. The molecule has 2 rings (SSSR count). The maximum atomic E-state index is 12.1. The van der Waals surface area contributed by atoms with Crippen molar-refractivity contribution in [3.63, 3.8) is 0 Å². The number of likely N-dealkylation sites (tertiary alicyclic amines) is 1. The molecule has 0 radical (unpaired) electrons. The molecule has 120 valence electrons. The highest BCUT2D eigenvalue weighted by atomic mass is 16.5. The van der Waals surface area contributed by atoms with Crippen molar-refractivity contribution in [1.29, 1.82) is 0 Å². The molecule has 22 heavy (non-hydrogen) atoms. The zero-order valence-corrected chi connectivity index (χ0v) is 12.9. The Bertz CT molecular complexity index is 482. The molecule has 1 aromatic carbocycles. The minimum absolute atomic E-state index is 0.130. The van der Waals surface area contributed by atoms with Crippen molar-refractivity contribution in [2.75, 3.05) is 19.7 Å². The average molecular weight is 304 g/mol. The second-order valence-electron chi connectivity index (χ2n) is 5.78. The van der Waals surface area contributed by atoms with E-state index in [2.05, 4.69) is 0 Å².